The van der Waals surface area contributed by atoms with E-state index in [4.69, 9.17) is 16.2 Å². The van der Waals surface area contributed by atoms with E-state index in [0.717, 1.165) is 31.9 Å². The summed E-state index contributed by atoms with van der Waals surface area (Å²) in [5.41, 5.74) is 12.3. The highest BCUT2D eigenvalue weighted by Gasteiger charge is 2.29. The number of aliphatic hydroxyl groups is 1. The van der Waals surface area contributed by atoms with Gasteiger partial charge < -0.3 is 36.4 Å². The van der Waals surface area contributed by atoms with Crippen LogP contribution in [0.1, 0.15) is 30.0 Å². The summed E-state index contributed by atoms with van der Waals surface area (Å²) in [4.78, 5) is 25.7. The van der Waals surface area contributed by atoms with Crippen LogP contribution in [0.2, 0.25) is 0 Å². The normalized spacial score (nSPS) is 14.6. The molecule has 1 aliphatic heterocycles. The lowest BCUT2D eigenvalue weighted by Gasteiger charge is -2.34. The third-order valence-corrected chi connectivity index (χ3v) is 5.75. The van der Waals surface area contributed by atoms with Crippen LogP contribution in [0.25, 0.3) is 0 Å². The van der Waals surface area contributed by atoms with Gasteiger partial charge in [0.1, 0.15) is 17.0 Å². The number of rotatable bonds is 7. The van der Waals surface area contributed by atoms with Crippen LogP contribution in [-0.4, -0.2) is 59.1 Å². The second-order valence-electron chi connectivity index (χ2n) is 9.13. The van der Waals surface area contributed by atoms with E-state index in [0.29, 0.717) is 17.1 Å². The standard InChI is InChI=1S/C25H31N7O3/c1-25(2,34)21-24(35-19-6-4-5-16(26)15-19)30-23(20(29-21)22(27)33)28-17-7-9-18(10-8-17)32-13-11-31(3)12-14-32/h4-10,15,34H,11-14,26H2,1-3H3,(H2,27,33)(H,28,30). The number of benzene rings is 2. The lowest BCUT2D eigenvalue weighted by atomic mass is 10.1. The predicted octanol–water partition coefficient (Wildman–Crippen LogP) is 2.67. The van der Waals surface area contributed by atoms with Crippen molar-refractivity contribution in [3.8, 4) is 11.6 Å². The van der Waals surface area contributed by atoms with E-state index >= 15 is 0 Å². The van der Waals surface area contributed by atoms with Crippen LogP contribution in [0.4, 0.5) is 22.9 Å². The fraction of sp³-hybridized carbons (Fsp3) is 0.320. The van der Waals surface area contributed by atoms with Gasteiger partial charge in [-0.3, -0.25) is 4.79 Å². The molecule has 0 unspecified atom stereocenters. The van der Waals surface area contributed by atoms with Gasteiger partial charge in [-0.2, -0.15) is 4.98 Å². The smallest absolute Gasteiger partial charge is 0.271 e. The average Bonchev–Trinajstić information content (AvgIpc) is 2.79. The Balaban J connectivity index is 1.66. The first-order valence-corrected chi connectivity index (χ1v) is 11.4. The molecule has 3 aromatic rings. The molecule has 184 valence electrons. The predicted molar refractivity (Wildman–Crippen MR) is 136 cm³/mol. The number of hydrogen-bond donors (Lipinski definition) is 4. The average molecular weight is 478 g/mol. The third kappa shape index (κ3) is 5.79. The number of piperazine rings is 1. The maximum atomic E-state index is 12.2. The molecular formula is C25H31N7O3. The number of ether oxygens (including phenoxy) is 1. The molecule has 0 saturated carbocycles. The number of nitrogen functional groups attached to an aromatic ring is 1. The first-order chi connectivity index (χ1) is 16.6. The van der Waals surface area contributed by atoms with Gasteiger partial charge in [-0.25, -0.2) is 4.98 Å². The highest BCUT2D eigenvalue weighted by Crippen LogP contribution is 2.33. The van der Waals surface area contributed by atoms with Crippen LogP contribution in [0.3, 0.4) is 0 Å². The fourth-order valence-corrected chi connectivity index (χ4v) is 3.80. The summed E-state index contributed by atoms with van der Waals surface area (Å²) in [5, 5.41) is 13.8. The van der Waals surface area contributed by atoms with Crippen LogP contribution in [0, 0.1) is 0 Å². The summed E-state index contributed by atoms with van der Waals surface area (Å²) >= 11 is 0. The van der Waals surface area contributed by atoms with Crippen LogP contribution in [-0.2, 0) is 5.60 Å². The van der Waals surface area contributed by atoms with Crippen LogP contribution in [0.15, 0.2) is 48.5 Å². The largest absolute Gasteiger partial charge is 0.437 e. The molecule has 10 heteroatoms. The van der Waals surface area contributed by atoms with Gasteiger partial charge in [-0.1, -0.05) is 6.07 Å². The lowest BCUT2D eigenvalue weighted by Crippen LogP contribution is -2.44. The van der Waals surface area contributed by atoms with Gasteiger partial charge in [0.15, 0.2) is 11.5 Å². The minimum absolute atomic E-state index is 0.0321. The number of primary amides is 1. The van der Waals surface area contributed by atoms with Crippen molar-refractivity contribution in [2.75, 3.05) is 49.2 Å². The Labute approximate surface area is 204 Å². The molecular weight excluding hydrogens is 446 g/mol. The number of carbonyl (C=O) groups is 1. The molecule has 2 aromatic carbocycles. The number of anilines is 4. The van der Waals surface area contributed by atoms with Crippen LogP contribution in [0.5, 0.6) is 11.6 Å². The molecule has 1 fully saturated rings. The Kier molecular flexibility index (Phi) is 6.77. The zero-order valence-electron chi connectivity index (χ0n) is 20.2. The summed E-state index contributed by atoms with van der Waals surface area (Å²) in [6.07, 6.45) is 0. The number of amides is 1. The molecule has 1 saturated heterocycles. The Hall–Kier alpha value is -3.89. The van der Waals surface area contributed by atoms with Crippen LogP contribution < -0.4 is 26.4 Å². The number of aromatic nitrogens is 2. The SMILES string of the molecule is CN1CCN(c2ccc(Nc3nc(Oc4cccc(N)c4)c(C(C)(C)O)nc3C(N)=O)cc2)CC1. The van der Waals surface area contributed by atoms with Crippen molar-refractivity contribution in [3.63, 3.8) is 0 Å². The molecule has 1 aliphatic rings. The van der Waals surface area contributed by atoms with Crippen molar-refractivity contribution < 1.29 is 14.6 Å². The summed E-state index contributed by atoms with van der Waals surface area (Å²) in [5.74, 6) is -0.212. The number of carbonyl (C=O) groups excluding carboxylic acids is 1. The molecule has 1 aromatic heterocycles. The van der Waals surface area contributed by atoms with Gasteiger partial charge in [-0.05, 0) is 57.3 Å². The molecule has 4 rings (SSSR count). The van der Waals surface area contributed by atoms with E-state index in [1.807, 2.05) is 24.3 Å². The van der Waals surface area contributed by atoms with E-state index in [9.17, 15) is 9.90 Å². The molecule has 0 spiro atoms. The van der Waals surface area contributed by atoms with Gasteiger partial charge in [0.2, 0.25) is 5.88 Å². The molecule has 6 N–H and O–H groups in total. The molecule has 10 nitrogen and oxygen atoms in total. The Morgan fingerprint density at radius 1 is 1.09 bits per heavy atom. The summed E-state index contributed by atoms with van der Waals surface area (Å²) < 4.78 is 5.92. The number of nitrogens with one attached hydrogen (secondary N) is 1. The third-order valence-electron chi connectivity index (χ3n) is 5.75. The minimum Gasteiger partial charge on any atom is -0.437 e. The van der Waals surface area contributed by atoms with Crippen molar-refractivity contribution in [1.29, 1.82) is 0 Å². The molecule has 0 atom stereocenters. The maximum Gasteiger partial charge on any atom is 0.271 e. The lowest BCUT2D eigenvalue weighted by molar-refractivity contribution is 0.0703. The van der Waals surface area contributed by atoms with Gasteiger partial charge in [-0.15, -0.1) is 0 Å². The quantitative estimate of drug-likeness (QED) is 0.378. The molecule has 2 heterocycles. The Bertz CT molecular complexity index is 1200. The topological polar surface area (TPSA) is 143 Å². The Morgan fingerprint density at radius 2 is 1.77 bits per heavy atom. The van der Waals surface area contributed by atoms with Gasteiger partial charge in [0.25, 0.3) is 5.91 Å². The first kappa shape index (κ1) is 24.2. The maximum absolute atomic E-state index is 12.2. The number of hydrogen-bond acceptors (Lipinski definition) is 9. The van der Waals surface area contributed by atoms with Crippen molar-refractivity contribution in [3.05, 3.63) is 59.9 Å². The Morgan fingerprint density at radius 3 is 2.37 bits per heavy atom. The summed E-state index contributed by atoms with van der Waals surface area (Å²) in [7, 11) is 2.12. The first-order valence-electron chi connectivity index (χ1n) is 11.4. The van der Waals surface area contributed by atoms with Gasteiger partial charge in [0.05, 0.1) is 0 Å². The number of nitrogens with two attached hydrogens (primary N) is 2. The summed E-state index contributed by atoms with van der Waals surface area (Å²) in [6.45, 7) is 7.01. The minimum atomic E-state index is -1.45. The second-order valence-corrected chi connectivity index (χ2v) is 9.13. The summed E-state index contributed by atoms with van der Waals surface area (Å²) in [6, 6.07) is 14.6. The molecule has 0 bridgehead atoms. The zero-order chi connectivity index (χ0) is 25.2. The van der Waals surface area contributed by atoms with Crippen molar-refractivity contribution in [1.82, 2.24) is 14.9 Å². The van der Waals surface area contributed by atoms with Crippen molar-refractivity contribution in [2.45, 2.75) is 19.4 Å². The van der Waals surface area contributed by atoms with Crippen molar-refractivity contribution >= 4 is 28.8 Å². The van der Waals surface area contributed by atoms with Crippen LogP contribution >= 0.6 is 0 Å². The fourth-order valence-electron chi connectivity index (χ4n) is 3.80. The second kappa shape index (κ2) is 9.77. The molecule has 1 amide bonds. The number of likely N-dealkylation sites (N-methyl/N-ethyl adjacent to an activating group) is 1. The zero-order valence-corrected chi connectivity index (χ0v) is 20.2. The highest BCUT2D eigenvalue weighted by atomic mass is 16.5. The molecule has 0 aliphatic carbocycles. The van der Waals surface area contributed by atoms with E-state index in [-0.39, 0.29) is 23.1 Å². The highest BCUT2D eigenvalue weighted by molar-refractivity contribution is 5.96. The molecule has 35 heavy (non-hydrogen) atoms. The monoisotopic (exact) mass is 477 g/mol. The van der Waals surface area contributed by atoms with E-state index in [2.05, 4.69) is 32.1 Å². The van der Waals surface area contributed by atoms with Crippen molar-refractivity contribution in [2.24, 2.45) is 5.73 Å². The van der Waals surface area contributed by atoms with E-state index in [1.54, 1.807) is 24.3 Å². The number of nitrogens with zero attached hydrogens (tertiary/aromatic N) is 4. The van der Waals surface area contributed by atoms with E-state index < -0.39 is 11.5 Å². The molecule has 0 radical (unpaired) electrons. The van der Waals surface area contributed by atoms with E-state index in [1.165, 1.54) is 13.8 Å². The van der Waals surface area contributed by atoms with Gasteiger partial charge in [0, 0.05) is 49.3 Å². The van der Waals surface area contributed by atoms with Gasteiger partial charge >= 0.3 is 0 Å².